The first-order valence-electron chi connectivity index (χ1n) is 5.59. The van der Waals surface area contributed by atoms with E-state index in [0.717, 1.165) is 0 Å². The first-order chi connectivity index (χ1) is 7.86. The second-order valence-electron chi connectivity index (χ2n) is 4.45. The van der Waals surface area contributed by atoms with Gasteiger partial charge in [-0.25, -0.2) is 4.79 Å². The molecule has 0 atom stereocenters. The van der Waals surface area contributed by atoms with Crippen molar-refractivity contribution in [2.75, 3.05) is 13.8 Å². The lowest BCUT2D eigenvalue weighted by molar-refractivity contribution is -0.164. The van der Waals surface area contributed by atoms with E-state index in [0.29, 0.717) is 17.8 Å². The van der Waals surface area contributed by atoms with Crippen LogP contribution in [0, 0.1) is 0 Å². The zero-order chi connectivity index (χ0) is 13.2. The number of carbonyl (C=O) groups excluding carboxylic acids is 2. The topological polar surface area (TPSA) is 55.8 Å². The van der Waals surface area contributed by atoms with Crippen molar-refractivity contribution in [2.45, 2.75) is 39.7 Å². The van der Waals surface area contributed by atoms with Gasteiger partial charge in [0.1, 0.15) is 11.3 Å². The maximum atomic E-state index is 12.2. The van der Waals surface area contributed by atoms with Crippen molar-refractivity contribution in [3.8, 4) is 0 Å². The number of amides is 1. The highest BCUT2D eigenvalue weighted by Crippen LogP contribution is 2.26. The minimum atomic E-state index is -1.02. The molecule has 96 valence electrons. The third-order valence-corrected chi connectivity index (χ3v) is 3.05. The lowest BCUT2D eigenvalue weighted by atomic mass is 10.0. The highest BCUT2D eigenvalue weighted by molar-refractivity contribution is 5.98. The molecule has 0 N–H and O–H groups in total. The number of methoxy groups -OCH3 is 1. The van der Waals surface area contributed by atoms with Gasteiger partial charge in [0, 0.05) is 0 Å². The summed E-state index contributed by atoms with van der Waals surface area (Å²) in [6.45, 7) is 7.02. The van der Waals surface area contributed by atoms with Gasteiger partial charge in [0.05, 0.1) is 12.7 Å². The molecular weight excluding hydrogens is 222 g/mol. The zero-order valence-electron chi connectivity index (χ0n) is 11.0. The number of ether oxygens (including phenoxy) is 2. The van der Waals surface area contributed by atoms with Crippen LogP contribution in [0.5, 0.6) is 0 Å². The smallest absolute Gasteiger partial charge is 0.331 e. The van der Waals surface area contributed by atoms with Crippen LogP contribution in [0.15, 0.2) is 11.3 Å². The van der Waals surface area contributed by atoms with Crippen molar-refractivity contribution in [1.82, 2.24) is 4.90 Å². The molecule has 0 radical (unpaired) electrons. The van der Waals surface area contributed by atoms with Crippen LogP contribution in [0.1, 0.15) is 34.1 Å². The molecule has 1 rings (SSSR count). The Hall–Kier alpha value is -1.52. The fourth-order valence-electron chi connectivity index (χ4n) is 1.80. The van der Waals surface area contributed by atoms with Crippen molar-refractivity contribution in [2.24, 2.45) is 0 Å². The highest BCUT2D eigenvalue weighted by atomic mass is 16.5. The van der Waals surface area contributed by atoms with Crippen LogP contribution in [-0.4, -0.2) is 36.2 Å². The van der Waals surface area contributed by atoms with E-state index < -0.39 is 11.5 Å². The summed E-state index contributed by atoms with van der Waals surface area (Å²) < 4.78 is 10.1. The molecule has 0 bridgehead atoms. The molecule has 1 heterocycles. The Morgan fingerprint density at radius 1 is 1.53 bits per heavy atom. The maximum Gasteiger partial charge on any atom is 0.331 e. The SMILES string of the molecule is CCC1=C(C)OCN(C(C)(C)C(=O)OC)C1=O. The molecule has 0 spiro atoms. The van der Waals surface area contributed by atoms with Crippen LogP contribution in [0.4, 0.5) is 0 Å². The summed E-state index contributed by atoms with van der Waals surface area (Å²) in [6.07, 6.45) is 0.582. The van der Waals surface area contributed by atoms with E-state index in [1.54, 1.807) is 20.8 Å². The van der Waals surface area contributed by atoms with Gasteiger partial charge in [-0.1, -0.05) is 6.92 Å². The summed E-state index contributed by atoms with van der Waals surface area (Å²) in [5.41, 5.74) is -0.416. The van der Waals surface area contributed by atoms with E-state index in [1.807, 2.05) is 6.92 Å². The van der Waals surface area contributed by atoms with E-state index in [4.69, 9.17) is 9.47 Å². The molecule has 17 heavy (non-hydrogen) atoms. The van der Waals surface area contributed by atoms with E-state index in [2.05, 4.69) is 0 Å². The Labute approximate surface area is 101 Å². The van der Waals surface area contributed by atoms with Gasteiger partial charge in [-0.15, -0.1) is 0 Å². The number of allylic oxidation sites excluding steroid dienone is 1. The van der Waals surface area contributed by atoms with Gasteiger partial charge in [0.25, 0.3) is 5.91 Å². The number of hydrogen-bond acceptors (Lipinski definition) is 4. The van der Waals surface area contributed by atoms with Crippen molar-refractivity contribution in [3.05, 3.63) is 11.3 Å². The summed E-state index contributed by atoms with van der Waals surface area (Å²) in [4.78, 5) is 25.3. The van der Waals surface area contributed by atoms with Crippen LogP contribution in [-0.2, 0) is 19.1 Å². The Kier molecular flexibility index (Phi) is 3.80. The summed E-state index contributed by atoms with van der Waals surface area (Å²) in [5, 5.41) is 0. The Bertz CT molecular complexity index is 371. The second-order valence-corrected chi connectivity index (χ2v) is 4.45. The second kappa shape index (κ2) is 4.77. The molecule has 0 aromatic rings. The van der Waals surface area contributed by atoms with E-state index >= 15 is 0 Å². The standard InChI is InChI=1S/C12H19NO4/c1-6-9-8(2)17-7-13(10(9)14)12(3,4)11(15)16-5/h6-7H2,1-5H3. The molecule has 5 heteroatoms. The largest absolute Gasteiger partial charge is 0.477 e. The molecule has 0 saturated carbocycles. The number of rotatable bonds is 3. The molecule has 0 unspecified atom stereocenters. The van der Waals surface area contributed by atoms with Crippen LogP contribution >= 0.6 is 0 Å². The van der Waals surface area contributed by atoms with Crippen molar-refractivity contribution in [3.63, 3.8) is 0 Å². The molecule has 0 aromatic carbocycles. The Balaban J connectivity index is 3.04. The van der Waals surface area contributed by atoms with Crippen LogP contribution in [0.3, 0.4) is 0 Å². The molecule has 0 aromatic heterocycles. The van der Waals surface area contributed by atoms with Gasteiger partial charge in [0.2, 0.25) is 0 Å². The Morgan fingerprint density at radius 3 is 2.59 bits per heavy atom. The van der Waals surface area contributed by atoms with Gasteiger partial charge in [-0.3, -0.25) is 9.69 Å². The fraction of sp³-hybridized carbons (Fsp3) is 0.667. The number of esters is 1. The molecule has 0 aliphatic carbocycles. The quantitative estimate of drug-likeness (QED) is 0.701. The lowest BCUT2D eigenvalue weighted by Gasteiger charge is -2.39. The molecule has 5 nitrogen and oxygen atoms in total. The predicted octanol–water partition coefficient (Wildman–Crippen LogP) is 1.44. The van der Waals surface area contributed by atoms with Crippen LogP contribution in [0.25, 0.3) is 0 Å². The van der Waals surface area contributed by atoms with Gasteiger partial charge in [-0.2, -0.15) is 0 Å². The molecule has 0 saturated heterocycles. The third kappa shape index (κ3) is 2.28. The number of carbonyl (C=O) groups is 2. The van der Waals surface area contributed by atoms with E-state index in [1.165, 1.54) is 12.0 Å². The maximum absolute atomic E-state index is 12.2. The number of hydrogen-bond donors (Lipinski definition) is 0. The molecule has 0 fully saturated rings. The first kappa shape index (κ1) is 13.5. The zero-order valence-corrected chi connectivity index (χ0v) is 11.0. The highest BCUT2D eigenvalue weighted by Gasteiger charge is 2.42. The first-order valence-corrected chi connectivity index (χ1v) is 5.59. The lowest BCUT2D eigenvalue weighted by Crippen LogP contribution is -2.56. The minimum absolute atomic E-state index is 0.0796. The summed E-state index contributed by atoms with van der Waals surface area (Å²) in [5.74, 6) is 0.0190. The van der Waals surface area contributed by atoms with Crippen molar-refractivity contribution < 1.29 is 19.1 Å². The average Bonchev–Trinajstić information content (AvgIpc) is 2.28. The van der Waals surface area contributed by atoms with Crippen LogP contribution < -0.4 is 0 Å². The minimum Gasteiger partial charge on any atom is -0.477 e. The van der Waals surface area contributed by atoms with Crippen molar-refractivity contribution in [1.29, 1.82) is 0 Å². The van der Waals surface area contributed by atoms with Gasteiger partial charge in [0.15, 0.2) is 6.73 Å². The molecular formula is C12H19NO4. The van der Waals surface area contributed by atoms with Gasteiger partial charge in [-0.05, 0) is 27.2 Å². The molecule has 1 aliphatic heterocycles. The summed E-state index contributed by atoms with van der Waals surface area (Å²) in [6, 6.07) is 0. The molecule has 1 aliphatic rings. The van der Waals surface area contributed by atoms with Crippen LogP contribution in [0.2, 0.25) is 0 Å². The number of nitrogens with zero attached hydrogens (tertiary/aromatic N) is 1. The molecule has 1 amide bonds. The van der Waals surface area contributed by atoms with Crippen molar-refractivity contribution >= 4 is 11.9 Å². The summed E-state index contributed by atoms with van der Waals surface area (Å²) in [7, 11) is 1.31. The van der Waals surface area contributed by atoms with Gasteiger partial charge >= 0.3 is 5.97 Å². The third-order valence-electron chi connectivity index (χ3n) is 3.05. The van der Waals surface area contributed by atoms with E-state index in [-0.39, 0.29) is 12.6 Å². The predicted molar refractivity (Wildman–Crippen MR) is 61.9 cm³/mol. The van der Waals surface area contributed by atoms with Gasteiger partial charge < -0.3 is 9.47 Å². The fourth-order valence-corrected chi connectivity index (χ4v) is 1.80. The van der Waals surface area contributed by atoms with E-state index in [9.17, 15) is 9.59 Å². The Morgan fingerprint density at radius 2 is 2.12 bits per heavy atom. The normalized spacial score (nSPS) is 17.0. The average molecular weight is 241 g/mol. The summed E-state index contributed by atoms with van der Waals surface area (Å²) >= 11 is 0. The monoisotopic (exact) mass is 241 g/mol.